The van der Waals surface area contributed by atoms with E-state index in [1.165, 1.54) is 18.9 Å². The Kier molecular flexibility index (Phi) is 5.64. The van der Waals surface area contributed by atoms with E-state index in [-0.39, 0.29) is 0 Å². The average Bonchev–Trinajstić information content (AvgIpc) is 2.01. The highest BCUT2D eigenvalue weighted by Gasteiger charge is 2.01. The Morgan fingerprint density at radius 1 is 1.64 bits per heavy atom. The summed E-state index contributed by atoms with van der Waals surface area (Å²) in [5.41, 5.74) is 0. The minimum absolute atomic E-state index is 0.309. The molecule has 11 heavy (non-hydrogen) atoms. The predicted molar refractivity (Wildman–Crippen MR) is 45.0 cm³/mol. The molecule has 0 rings (SSSR count). The first-order valence-corrected chi connectivity index (χ1v) is 4.30. The van der Waals surface area contributed by atoms with E-state index < -0.39 is 6.09 Å². The Morgan fingerprint density at radius 2 is 2.27 bits per heavy atom. The number of thioether (sulfide) groups is 1. The molecule has 0 aromatic rings. The first-order chi connectivity index (χ1) is 5.24. The fraction of sp³-hybridized carbons (Fsp3) is 0.667. The third-order valence-corrected chi connectivity index (χ3v) is 1.41. The van der Waals surface area contributed by atoms with Gasteiger partial charge in [0.2, 0.25) is 0 Å². The molecule has 0 saturated carbocycles. The number of hydrogen-bond donors (Lipinski definition) is 0. The first-order valence-electron chi connectivity index (χ1n) is 3.08. The highest BCUT2D eigenvalue weighted by Crippen LogP contribution is 1.99. The lowest BCUT2D eigenvalue weighted by molar-refractivity contribution is 0.163. The molecular weight excluding hydrogens is 166 g/mol. The molecule has 0 aromatic heterocycles. The summed E-state index contributed by atoms with van der Waals surface area (Å²) in [5, 5.41) is 0.309. The van der Waals surface area contributed by atoms with E-state index in [2.05, 4.69) is 9.73 Å². The minimum Gasteiger partial charge on any atom is -0.476 e. The van der Waals surface area contributed by atoms with Gasteiger partial charge in [-0.25, -0.2) is 4.79 Å². The van der Waals surface area contributed by atoms with Crippen molar-refractivity contribution in [3.8, 4) is 0 Å². The second kappa shape index (κ2) is 6.03. The molecule has 0 spiro atoms. The maximum atomic E-state index is 10.7. The standard InChI is InChI=1S/C6H11NO3S/c1-4-10-5(8)7-6(9-2)11-3/h4H2,1-3H3/b7-6+. The first kappa shape index (κ1) is 10.3. The van der Waals surface area contributed by atoms with E-state index in [0.29, 0.717) is 11.8 Å². The summed E-state index contributed by atoms with van der Waals surface area (Å²) in [6.07, 6.45) is 1.15. The van der Waals surface area contributed by atoms with Crippen molar-refractivity contribution >= 4 is 23.1 Å². The summed E-state index contributed by atoms with van der Waals surface area (Å²) in [4.78, 5) is 14.2. The van der Waals surface area contributed by atoms with Crippen LogP contribution in [-0.4, -0.2) is 31.3 Å². The summed E-state index contributed by atoms with van der Waals surface area (Å²) >= 11 is 1.25. The SMILES string of the molecule is CCOC(=O)/N=C(\OC)SC. The van der Waals surface area contributed by atoms with Crippen molar-refractivity contribution in [2.45, 2.75) is 6.92 Å². The molecule has 0 fully saturated rings. The van der Waals surface area contributed by atoms with E-state index >= 15 is 0 Å². The third-order valence-electron chi connectivity index (χ3n) is 0.800. The summed E-state index contributed by atoms with van der Waals surface area (Å²) < 4.78 is 9.28. The molecule has 0 radical (unpaired) electrons. The van der Waals surface area contributed by atoms with Crippen LogP contribution >= 0.6 is 11.8 Å². The summed E-state index contributed by atoms with van der Waals surface area (Å²) in [5.74, 6) is 0. The lowest BCUT2D eigenvalue weighted by atomic mass is 10.9. The summed E-state index contributed by atoms with van der Waals surface area (Å²) in [6, 6.07) is 0. The second-order valence-electron chi connectivity index (χ2n) is 1.48. The second-order valence-corrected chi connectivity index (χ2v) is 2.24. The lowest BCUT2D eigenvalue weighted by Crippen LogP contribution is -2.03. The van der Waals surface area contributed by atoms with Gasteiger partial charge in [-0.2, -0.15) is 0 Å². The van der Waals surface area contributed by atoms with E-state index in [9.17, 15) is 4.79 Å². The van der Waals surface area contributed by atoms with Gasteiger partial charge in [0, 0.05) is 0 Å². The molecule has 0 saturated heterocycles. The highest BCUT2D eigenvalue weighted by atomic mass is 32.2. The molecule has 0 bridgehead atoms. The molecule has 0 N–H and O–H groups in total. The Hall–Kier alpha value is -0.710. The molecule has 64 valence electrons. The van der Waals surface area contributed by atoms with Crippen LogP contribution in [0.4, 0.5) is 4.79 Å². The highest BCUT2D eigenvalue weighted by molar-refractivity contribution is 8.12. The van der Waals surface area contributed by atoms with E-state index in [1.807, 2.05) is 0 Å². The molecule has 0 unspecified atom stereocenters. The van der Waals surface area contributed by atoms with E-state index in [1.54, 1.807) is 13.2 Å². The van der Waals surface area contributed by atoms with Crippen LogP contribution in [0.2, 0.25) is 0 Å². The number of carbonyl (C=O) groups is 1. The van der Waals surface area contributed by atoms with Crippen molar-refractivity contribution in [2.24, 2.45) is 4.99 Å². The minimum atomic E-state index is -0.612. The zero-order chi connectivity index (χ0) is 8.69. The average molecular weight is 177 g/mol. The summed E-state index contributed by atoms with van der Waals surface area (Å²) in [6.45, 7) is 2.05. The van der Waals surface area contributed by atoms with Gasteiger partial charge in [-0.3, -0.25) is 0 Å². The molecule has 4 nitrogen and oxygen atoms in total. The van der Waals surface area contributed by atoms with Crippen LogP contribution in [0.15, 0.2) is 4.99 Å². The molecule has 0 aliphatic heterocycles. The van der Waals surface area contributed by atoms with Crippen LogP contribution in [-0.2, 0) is 9.47 Å². The Labute approximate surface area is 70.0 Å². The van der Waals surface area contributed by atoms with E-state index in [0.717, 1.165) is 0 Å². The fourth-order valence-electron chi connectivity index (χ4n) is 0.405. The molecule has 1 amide bonds. The predicted octanol–water partition coefficient (Wildman–Crippen LogP) is 1.51. The Morgan fingerprint density at radius 3 is 2.64 bits per heavy atom. The smallest absolute Gasteiger partial charge is 0.437 e. The summed E-state index contributed by atoms with van der Waals surface area (Å²) in [7, 11) is 1.45. The van der Waals surface area contributed by atoms with Gasteiger partial charge in [-0.15, -0.1) is 4.99 Å². The largest absolute Gasteiger partial charge is 0.476 e. The number of hydrogen-bond acceptors (Lipinski definition) is 4. The van der Waals surface area contributed by atoms with Crippen LogP contribution in [0.3, 0.4) is 0 Å². The van der Waals surface area contributed by atoms with Crippen molar-refractivity contribution < 1.29 is 14.3 Å². The van der Waals surface area contributed by atoms with Gasteiger partial charge in [0.05, 0.1) is 13.7 Å². The van der Waals surface area contributed by atoms with Gasteiger partial charge < -0.3 is 9.47 Å². The third kappa shape index (κ3) is 4.66. The van der Waals surface area contributed by atoms with Crippen LogP contribution < -0.4 is 0 Å². The van der Waals surface area contributed by atoms with Gasteiger partial charge in [0.15, 0.2) is 0 Å². The quantitative estimate of drug-likeness (QED) is 0.450. The number of nitrogens with zero attached hydrogens (tertiary/aromatic N) is 1. The monoisotopic (exact) mass is 177 g/mol. The van der Waals surface area contributed by atoms with Crippen molar-refractivity contribution in [1.29, 1.82) is 0 Å². The zero-order valence-electron chi connectivity index (χ0n) is 6.79. The zero-order valence-corrected chi connectivity index (χ0v) is 7.60. The van der Waals surface area contributed by atoms with Gasteiger partial charge in [-0.1, -0.05) is 11.8 Å². The van der Waals surface area contributed by atoms with Crippen LogP contribution in [0.1, 0.15) is 6.92 Å². The maximum Gasteiger partial charge on any atom is 0.437 e. The Balaban J connectivity index is 3.93. The number of aliphatic imine (C=N–C) groups is 1. The molecule has 5 heteroatoms. The molecule has 0 aliphatic rings. The van der Waals surface area contributed by atoms with Crippen molar-refractivity contribution in [3.63, 3.8) is 0 Å². The van der Waals surface area contributed by atoms with Crippen LogP contribution in [0.5, 0.6) is 0 Å². The topological polar surface area (TPSA) is 47.9 Å². The number of rotatable bonds is 1. The molecule has 0 aliphatic carbocycles. The van der Waals surface area contributed by atoms with Crippen molar-refractivity contribution in [2.75, 3.05) is 20.0 Å². The molecule has 0 atom stereocenters. The van der Waals surface area contributed by atoms with Crippen LogP contribution in [0, 0.1) is 0 Å². The normalized spacial score (nSPS) is 11.0. The van der Waals surface area contributed by atoms with Gasteiger partial charge in [0.25, 0.3) is 5.23 Å². The van der Waals surface area contributed by atoms with Gasteiger partial charge in [-0.05, 0) is 13.2 Å². The van der Waals surface area contributed by atoms with Crippen molar-refractivity contribution in [3.05, 3.63) is 0 Å². The number of methoxy groups -OCH3 is 1. The number of amides is 1. The molecule has 0 heterocycles. The maximum absolute atomic E-state index is 10.7. The molecular formula is C6H11NO3S. The molecule has 0 aromatic carbocycles. The van der Waals surface area contributed by atoms with Crippen molar-refractivity contribution in [1.82, 2.24) is 0 Å². The van der Waals surface area contributed by atoms with Gasteiger partial charge >= 0.3 is 6.09 Å². The Bertz CT molecular complexity index is 152. The van der Waals surface area contributed by atoms with E-state index in [4.69, 9.17) is 4.74 Å². The number of carbonyl (C=O) groups excluding carboxylic acids is 1. The fourth-order valence-corrected chi connectivity index (χ4v) is 0.737. The number of ether oxygens (including phenoxy) is 2. The lowest BCUT2D eigenvalue weighted by Gasteiger charge is -1.99. The van der Waals surface area contributed by atoms with Gasteiger partial charge in [0.1, 0.15) is 0 Å². The van der Waals surface area contributed by atoms with Crippen LogP contribution in [0.25, 0.3) is 0 Å².